The van der Waals surface area contributed by atoms with Gasteiger partial charge in [-0.25, -0.2) is 0 Å². The molecule has 136 valence electrons. The van der Waals surface area contributed by atoms with Crippen molar-refractivity contribution in [1.82, 2.24) is 10.3 Å². The van der Waals surface area contributed by atoms with E-state index >= 15 is 0 Å². The summed E-state index contributed by atoms with van der Waals surface area (Å²) in [6.45, 7) is 2.10. The summed E-state index contributed by atoms with van der Waals surface area (Å²) in [6.07, 6.45) is 7.00. The number of aromatic nitrogens is 1. The van der Waals surface area contributed by atoms with E-state index in [1.807, 2.05) is 0 Å². The van der Waals surface area contributed by atoms with Crippen LogP contribution in [0, 0.1) is 5.92 Å². The van der Waals surface area contributed by atoms with Crippen molar-refractivity contribution in [2.75, 3.05) is 23.7 Å². The molecule has 0 saturated carbocycles. The molecule has 2 heterocycles. The van der Waals surface area contributed by atoms with Gasteiger partial charge in [0.25, 0.3) is 5.91 Å². The maximum Gasteiger partial charge on any atom is 0.255 e. The summed E-state index contributed by atoms with van der Waals surface area (Å²) in [5.41, 5.74) is 1.88. The zero-order valence-corrected chi connectivity index (χ0v) is 14.7. The number of carbonyl (C=O) groups is 2. The van der Waals surface area contributed by atoms with E-state index in [-0.39, 0.29) is 11.8 Å². The molecule has 1 aromatic heterocycles. The van der Waals surface area contributed by atoms with Crippen molar-refractivity contribution in [3.8, 4) is 0 Å². The van der Waals surface area contributed by atoms with Crippen LogP contribution in [-0.4, -0.2) is 29.9 Å². The molecule has 26 heavy (non-hydrogen) atoms. The van der Waals surface area contributed by atoms with Crippen LogP contribution in [0.1, 0.15) is 36.0 Å². The molecule has 6 heteroatoms. The minimum atomic E-state index is -0.207. The molecule has 2 amide bonds. The van der Waals surface area contributed by atoms with E-state index in [0.29, 0.717) is 29.3 Å². The van der Waals surface area contributed by atoms with Gasteiger partial charge >= 0.3 is 0 Å². The summed E-state index contributed by atoms with van der Waals surface area (Å²) < 4.78 is 0. The molecule has 3 N–H and O–H groups in total. The highest BCUT2D eigenvalue weighted by Crippen LogP contribution is 2.18. The molecule has 6 nitrogen and oxygen atoms in total. The second-order valence-electron chi connectivity index (χ2n) is 6.55. The van der Waals surface area contributed by atoms with Crippen molar-refractivity contribution >= 4 is 23.2 Å². The second-order valence-corrected chi connectivity index (χ2v) is 6.55. The van der Waals surface area contributed by atoms with Gasteiger partial charge in [-0.05, 0) is 74.7 Å². The minimum absolute atomic E-state index is 0.0242. The van der Waals surface area contributed by atoms with Gasteiger partial charge in [0.2, 0.25) is 5.91 Å². The third-order valence-electron chi connectivity index (χ3n) is 4.59. The number of piperidine rings is 1. The van der Waals surface area contributed by atoms with Gasteiger partial charge in [-0.15, -0.1) is 0 Å². The lowest BCUT2D eigenvalue weighted by molar-refractivity contribution is -0.116. The molecule has 2 aromatic rings. The quantitative estimate of drug-likeness (QED) is 0.746. The largest absolute Gasteiger partial charge is 0.326 e. The Hall–Kier alpha value is -2.73. The third kappa shape index (κ3) is 5.39. The number of amides is 2. The van der Waals surface area contributed by atoms with Crippen molar-refractivity contribution in [2.45, 2.75) is 25.7 Å². The number of hydrogen-bond acceptors (Lipinski definition) is 4. The van der Waals surface area contributed by atoms with E-state index in [1.165, 1.54) is 0 Å². The van der Waals surface area contributed by atoms with E-state index in [2.05, 4.69) is 20.9 Å². The van der Waals surface area contributed by atoms with Gasteiger partial charge in [0.15, 0.2) is 0 Å². The summed E-state index contributed by atoms with van der Waals surface area (Å²) in [7, 11) is 0. The number of carbonyl (C=O) groups excluding carboxylic acids is 2. The number of pyridine rings is 1. The van der Waals surface area contributed by atoms with Crippen LogP contribution in [0.5, 0.6) is 0 Å². The zero-order chi connectivity index (χ0) is 18.2. The molecular weight excluding hydrogens is 328 g/mol. The van der Waals surface area contributed by atoms with Gasteiger partial charge < -0.3 is 16.0 Å². The molecule has 3 rings (SSSR count). The first kappa shape index (κ1) is 18.1. The molecule has 0 bridgehead atoms. The fraction of sp³-hybridized carbons (Fsp3) is 0.350. The smallest absolute Gasteiger partial charge is 0.255 e. The lowest BCUT2D eigenvalue weighted by atomic mass is 9.93. The SMILES string of the molecule is O=C(CCC1CCNCC1)Nc1ccc(C(=O)Nc2cccnc2)cc1. The first-order valence-corrected chi connectivity index (χ1v) is 9.03. The molecule has 0 atom stereocenters. The van der Waals surface area contributed by atoms with E-state index in [1.54, 1.807) is 48.8 Å². The van der Waals surface area contributed by atoms with E-state index in [0.717, 1.165) is 32.4 Å². The normalized spacial score (nSPS) is 14.6. The van der Waals surface area contributed by atoms with Crippen molar-refractivity contribution in [3.05, 3.63) is 54.4 Å². The predicted molar refractivity (Wildman–Crippen MR) is 102 cm³/mol. The topological polar surface area (TPSA) is 83.1 Å². The van der Waals surface area contributed by atoms with Crippen LogP contribution in [0.15, 0.2) is 48.8 Å². The van der Waals surface area contributed by atoms with Crippen LogP contribution in [0.4, 0.5) is 11.4 Å². The van der Waals surface area contributed by atoms with Gasteiger partial charge in [-0.2, -0.15) is 0 Å². The van der Waals surface area contributed by atoms with Crippen LogP contribution >= 0.6 is 0 Å². The first-order valence-electron chi connectivity index (χ1n) is 9.03. The molecule has 0 unspecified atom stereocenters. The third-order valence-corrected chi connectivity index (χ3v) is 4.59. The lowest BCUT2D eigenvalue weighted by Gasteiger charge is -2.22. The Kier molecular flexibility index (Phi) is 6.33. The Morgan fingerprint density at radius 3 is 2.50 bits per heavy atom. The monoisotopic (exact) mass is 352 g/mol. The Morgan fingerprint density at radius 1 is 1.04 bits per heavy atom. The maximum atomic E-state index is 12.2. The molecule has 0 aliphatic carbocycles. The van der Waals surface area contributed by atoms with Gasteiger partial charge in [-0.1, -0.05) is 0 Å². The van der Waals surface area contributed by atoms with E-state index in [9.17, 15) is 9.59 Å². The van der Waals surface area contributed by atoms with E-state index in [4.69, 9.17) is 0 Å². The van der Waals surface area contributed by atoms with Crippen LogP contribution in [0.3, 0.4) is 0 Å². The maximum absolute atomic E-state index is 12.2. The Bertz CT molecular complexity index is 725. The van der Waals surface area contributed by atoms with Crippen molar-refractivity contribution < 1.29 is 9.59 Å². The average Bonchev–Trinajstić information content (AvgIpc) is 2.68. The molecule has 1 aliphatic heterocycles. The predicted octanol–water partition coefficient (Wildman–Crippen LogP) is 3.05. The summed E-state index contributed by atoms with van der Waals surface area (Å²) >= 11 is 0. The fourth-order valence-corrected chi connectivity index (χ4v) is 3.07. The van der Waals surface area contributed by atoms with Crippen molar-refractivity contribution in [3.63, 3.8) is 0 Å². The average molecular weight is 352 g/mol. The van der Waals surface area contributed by atoms with Crippen LogP contribution in [-0.2, 0) is 4.79 Å². The highest BCUT2D eigenvalue weighted by atomic mass is 16.2. The lowest BCUT2D eigenvalue weighted by Crippen LogP contribution is -2.28. The van der Waals surface area contributed by atoms with Crippen molar-refractivity contribution in [1.29, 1.82) is 0 Å². The first-order chi connectivity index (χ1) is 12.7. The summed E-state index contributed by atoms with van der Waals surface area (Å²) in [6, 6.07) is 10.4. The molecular formula is C20H24N4O2. The van der Waals surface area contributed by atoms with Gasteiger partial charge in [0, 0.05) is 23.9 Å². The molecule has 0 radical (unpaired) electrons. The van der Waals surface area contributed by atoms with Crippen LogP contribution in [0.25, 0.3) is 0 Å². The number of benzene rings is 1. The Labute approximate surface area is 153 Å². The molecule has 1 aromatic carbocycles. The summed E-state index contributed by atoms with van der Waals surface area (Å²) in [5, 5.41) is 9.02. The van der Waals surface area contributed by atoms with Crippen LogP contribution in [0.2, 0.25) is 0 Å². The van der Waals surface area contributed by atoms with Gasteiger partial charge in [0.05, 0.1) is 11.9 Å². The number of rotatable bonds is 6. The number of nitrogens with one attached hydrogen (secondary N) is 3. The highest BCUT2D eigenvalue weighted by Gasteiger charge is 2.14. The van der Waals surface area contributed by atoms with Crippen LogP contribution < -0.4 is 16.0 Å². The zero-order valence-electron chi connectivity index (χ0n) is 14.7. The van der Waals surface area contributed by atoms with Crippen molar-refractivity contribution in [2.24, 2.45) is 5.92 Å². The highest BCUT2D eigenvalue weighted by molar-refractivity contribution is 6.04. The van der Waals surface area contributed by atoms with E-state index < -0.39 is 0 Å². The number of anilines is 2. The molecule has 0 spiro atoms. The molecule has 1 fully saturated rings. The fourth-order valence-electron chi connectivity index (χ4n) is 3.07. The molecule has 1 aliphatic rings. The van der Waals surface area contributed by atoms with Gasteiger partial charge in [0.1, 0.15) is 0 Å². The second kappa shape index (κ2) is 9.10. The number of nitrogens with zero attached hydrogens (tertiary/aromatic N) is 1. The summed E-state index contributed by atoms with van der Waals surface area (Å²) in [4.78, 5) is 28.3. The standard InChI is InChI=1S/C20H24N4O2/c25-19(8-3-15-9-12-21-13-10-15)23-17-6-4-16(5-7-17)20(26)24-18-2-1-11-22-14-18/h1-2,4-7,11,14-15,21H,3,8-10,12-13H2,(H,23,25)(H,24,26). The number of hydrogen-bond donors (Lipinski definition) is 3. The van der Waals surface area contributed by atoms with Gasteiger partial charge in [-0.3, -0.25) is 14.6 Å². The summed E-state index contributed by atoms with van der Waals surface area (Å²) in [5.74, 6) is 0.457. The minimum Gasteiger partial charge on any atom is -0.326 e. The Balaban J connectivity index is 1.47. The molecule has 1 saturated heterocycles. The Morgan fingerprint density at radius 2 is 1.81 bits per heavy atom.